The molecule has 188 valence electrons. The Morgan fingerprint density at radius 1 is 0.622 bits per heavy atom. The van der Waals surface area contributed by atoms with Crippen molar-refractivity contribution in [1.82, 2.24) is 0 Å². The van der Waals surface area contributed by atoms with Gasteiger partial charge in [0.2, 0.25) is 0 Å². The van der Waals surface area contributed by atoms with Gasteiger partial charge < -0.3 is 13.6 Å². The van der Waals surface area contributed by atoms with Gasteiger partial charge in [-0.25, -0.2) is 9.59 Å². The standard InChI is InChI=1S/C32H30O5/c1-16-12-24-20(5)28(31(33)36-26(24)14-18(16)3)30(22-8-10-23(35-7)11-9-22)29-21(6)25-13-17(2)19(4)15-27(25)37-32(29)34/h8-15,30H,1-7H3. The summed E-state index contributed by atoms with van der Waals surface area (Å²) in [6.45, 7) is 11.9. The molecule has 2 heterocycles. The van der Waals surface area contributed by atoms with E-state index in [1.165, 1.54) is 0 Å². The Hall–Kier alpha value is -4.12. The van der Waals surface area contributed by atoms with Gasteiger partial charge in [0, 0.05) is 16.7 Å². The van der Waals surface area contributed by atoms with Crippen molar-refractivity contribution in [2.75, 3.05) is 7.11 Å². The van der Waals surface area contributed by atoms with Crippen LogP contribution in [0.15, 0.2) is 67.0 Å². The molecule has 37 heavy (non-hydrogen) atoms. The van der Waals surface area contributed by atoms with Gasteiger partial charge in [-0.3, -0.25) is 0 Å². The summed E-state index contributed by atoms with van der Waals surface area (Å²) in [5, 5.41) is 1.70. The molecule has 0 amide bonds. The van der Waals surface area contributed by atoms with E-state index >= 15 is 0 Å². The Kier molecular flexibility index (Phi) is 6.03. The monoisotopic (exact) mass is 494 g/mol. The van der Waals surface area contributed by atoms with Gasteiger partial charge in [-0.15, -0.1) is 0 Å². The van der Waals surface area contributed by atoms with Crippen LogP contribution in [0.5, 0.6) is 5.75 Å². The number of aryl methyl sites for hydroxylation is 6. The molecule has 2 aromatic heterocycles. The van der Waals surface area contributed by atoms with Crippen LogP contribution in [0.25, 0.3) is 21.9 Å². The summed E-state index contributed by atoms with van der Waals surface area (Å²) in [7, 11) is 1.60. The van der Waals surface area contributed by atoms with Crippen molar-refractivity contribution >= 4 is 21.9 Å². The average molecular weight is 495 g/mol. The average Bonchev–Trinajstić information content (AvgIpc) is 2.86. The smallest absolute Gasteiger partial charge is 0.340 e. The van der Waals surface area contributed by atoms with Crippen LogP contribution >= 0.6 is 0 Å². The molecule has 0 radical (unpaired) electrons. The van der Waals surface area contributed by atoms with E-state index in [9.17, 15) is 9.59 Å². The quantitative estimate of drug-likeness (QED) is 0.253. The topological polar surface area (TPSA) is 69.7 Å². The van der Waals surface area contributed by atoms with Crippen molar-refractivity contribution in [3.05, 3.63) is 119 Å². The van der Waals surface area contributed by atoms with Crippen LogP contribution in [0.3, 0.4) is 0 Å². The number of benzene rings is 3. The minimum absolute atomic E-state index is 0.430. The van der Waals surface area contributed by atoms with E-state index in [2.05, 4.69) is 0 Å². The Labute approximate surface area is 215 Å². The SMILES string of the molecule is COc1ccc(C(c2c(C)c3cc(C)c(C)cc3oc2=O)c2c(C)c3cc(C)c(C)cc3oc2=O)cc1. The maximum Gasteiger partial charge on any atom is 0.340 e. The molecule has 0 fully saturated rings. The molecule has 5 heteroatoms. The lowest BCUT2D eigenvalue weighted by atomic mass is 9.81. The van der Waals surface area contributed by atoms with E-state index in [-0.39, 0.29) is 0 Å². The van der Waals surface area contributed by atoms with Gasteiger partial charge in [0.25, 0.3) is 0 Å². The highest BCUT2D eigenvalue weighted by molar-refractivity contribution is 5.85. The highest BCUT2D eigenvalue weighted by Crippen LogP contribution is 2.37. The second kappa shape index (κ2) is 9.07. The van der Waals surface area contributed by atoms with Gasteiger partial charge in [-0.2, -0.15) is 0 Å². The first-order valence-corrected chi connectivity index (χ1v) is 12.3. The first kappa shape index (κ1) is 24.6. The molecule has 5 nitrogen and oxygen atoms in total. The van der Waals surface area contributed by atoms with Crippen molar-refractivity contribution in [3.8, 4) is 5.75 Å². The third-order valence-electron chi connectivity index (χ3n) is 7.68. The van der Waals surface area contributed by atoms with Crippen LogP contribution in [0, 0.1) is 41.5 Å². The van der Waals surface area contributed by atoms with Crippen molar-refractivity contribution in [2.45, 2.75) is 47.5 Å². The summed E-state index contributed by atoms with van der Waals surface area (Å²) in [5.41, 5.74) is 7.65. The lowest BCUT2D eigenvalue weighted by molar-refractivity contribution is 0.414. The normalized spacial score (nSPS) is 11.6. The molecule has 0 atom stereocenters. The van der Waals surface area contributed by atoms with Crippen LogP contribution in [-0.2, 0) is 0 Å². The summed E-state index contributed by atoms with van der Waals surface area (Å²) in [5.74, 6) is -0.000315. The number of methoxy groups -OCH3 is 1. The van der Waals surface area contributed by atoms with E-state index in [1.54, 1.807) is 7.11 Å². The van der Waals surface area contributed by atoms with Crippen molar-refractivity contribution in [3.63, 3.8) is 0 Å². The van der Waals surface area contributed by atoms with Crippen LogP contribution in [-0.4, -0.2) is 7.11 Å². The van der Waals surface area contributed by atoms with Gasteiger partial charge in [0.1, 0.15) is 16.9 Å². The second-order valence-corrected chi connectivity index (χ2v) is 9.93. The molecular formula is C32H30O5. The van der Waals surface area contributed by atoms with Crippen molar-refractivity contribution in [1.29, 1.82) is 0 Å². The molecule has 0 aliphatic heterocycles. The number of rotatable bonds is 4. The number of fused-ring (bicyclic) bond motifs is 2. The zero-order valence-electron chi connectivity index (χ0n) is 22.2. The molecule has 0 saturated carbocycles. The third-order valence-corrected chi connectivity index (χ3v) is 7.68. The summed E-state index contributed by atoms with van der Waals surface area (Å²) >= 11 is 0. The van der Waals surface area contributed by atoms with Crippen molar-refractivity contribution in [2.24, 2.45) is 0 Å². The lowest BCUT2D eigenvalue weighted by Crippen LogP contribution is -2.23. The molecular weight excluding hydrogens is 464 g/mol. The predicted octanol–water partition coefficient (Wildman–Crippen LogP) is 6.94. The molecule has 3 aromatic carbocycles. The fraction of sp³-hybridized carbons (Fsp3) is 0.250. The Morgan fingerprint density at radius 3 is 1.43 bits per heavy atom. The van der Waals surface area contributed by atoms with Crippen LogP contribution < -0.4 is 16.0 Å². The minimum Gasteiger partial charge on any atom is -0.497 e. The van der Waals surface area contributed by atoms with Crippen LogP contribution in [0.2, 0.25) is 0 Å². The van der Waals surface area contributed by atoms with Gasteiger partial charge in [0.15, 0.2) is 0 Å². The zero-order chi connectivity index (χ0) is 26.6. The van der Waals surface area contributed by atoms with Crippen LogP contribution in [0.1, 0.15) is 56.0 Å². The highest BCUT2D eigenvalue weighted by Gasteiger charge is 2.30. The van der Waals surface area contributed by atoms with E-state index in [0.717, 1.165) is 49.7 Å². The molecule has 0 bridgehead atoms. The molecule has 0 unspecified atom stereocenters. The number of hydrogen-bond acceptors (Lipinski definition) is 5. The van der Waals surface area contributed by atoms with E-state index < -0.39 is 17.2 Å². The fourth-order valence-electron chi connectivity index (χ4n) is 5.18. The molecule has 0 aliphatic rings. The van der Waals surface area contributed by atoms with E-state index in [4.69, 9.17) is 13.6 Å². The maximum absolute atomic E-state index is 13.6. The Bertz CT molecular complexity index is 1690. The zero-order valence-corrected chi connectivity index (χ0v) is 22.2. The summed E-state index contributed by atoms with van der Waals surface area (Å²) < 4.78 is 17.1. The number of ether oxygens (including phenoxy) is 1. The second-order valence-electron chi connectivity index (χ2n) is 9.93. The fourth-order valence-corrected chi connectivity index (χ4v) is 5.18. The highest BCUT2D eigenvalue weighted by atomic mass is 16.5. The molecule has 0 saturated heterocycles. The largest absolute Gasteiger partial charge is 0.497 e. The first-order valence-electron chi connectivity index (χ1n) is 12.3. The van der Waals surface area contributed by atoms with Gasteiger partial charge in [-0.1, -0.05) is 12.1 Å². The van der Waals surface area contributed by atoms with Gasteiger partial charge in [-0.05, 0) is 117 Å². The summed E-state index contributed by atoms with van der Waals surface area (Å²) in [4.78, 5) is 27.2. The third kappa shape index (κ3) is 4.05. The molecule has 5 rings (SSSR count). The van der Waals surface area contributed by atoms with E-state index in [1.807, 2.05) is 90.1 Å². The summed E-state index contributed by atoms with van der Waals surface area (Å²) in [6.07, 6.45) is 0. The minimum atomic E-state index is -0.685. The van der Waals surface area contributed by atoms with Crippen molar-refractivity contribution < 1.29 is 13.6 Å². The number of hydrogen-bond donors (Lipinski definition) is 0. The van der Waals surface area contributed by atoms with E-state index in [0.29, 0.717) is 28.0 Å². The van der Waals surface area contributed by atoms with Crippen LogP contribution in [0.4, 0.5) is 0 Å². The summed E-state index contributed by atoms with van der Waals surface area (Å²) in [6, 6.07) is 15.3. The lowest BCUT2D eigenvalue weighted by Gasteiger charge is -2.22. The molecule has 0 aliphatic carbocycles. The van der Waals surface area contributed by atoms with Gasteiger partial charge >= 0.3 is 11.3 Å². The Balaban J connectivity index is 1.90. The molecule has 5 aromatic rings. The Morgan fingerprint density at radius 2 is 1.03 bits per heavy atom. The first-order chi connectivity index (χ1) is 17.6. The predicted molar refractivity (Wildman–Crippen MR) is 147 cm³/mol. The maximum atomic E-state index is 13.6. The van der Waals surface area contributed by atoms with Gasteiger partial charge in [0.05, 0.1) is 18.2 Å². The molecule has 0 spiro atoms. The molecule has 0 N–H and O–H groups in total.